The van der Waals surface area contributed by atoms with Crippen molar-refractivity contribution in [3.05, 3.63) is 47.7 Å². The molecule has 2 saturated heterocycles. The van der Waals surface area contributed by atoms with Crippen LogP contribution in [-0.2, 0) is 49.6 Å². The smallest absolute Gasteiger partial charge is 0.408 e. The minimum atomic E-state index is -1.26. The number of carbonyl (C=O) groups is 7. The van der Waals surface area contributed by atoms with Crippen LogP contribution in [0.4, 0.5) is 4.79 Å². The molecule has 49 heavy (non-hydrogen) atoms. The van der Waals surface area contributed by atoms with Gasteiger partial charge in [-0.05, 0) is 56.1 Å². The maximum atomic E-state index is 13.9. The average molecular weight is 686 g/mol. The van der Waals surface area contributed by atoms with Crippen molar-refractivity contribution in [1.29, 1.82) is 0 Å². The number of ether oxygens (including phenoxy) is 3. The zero-order valence-electron chi connectivity index (χ0n) is 28.2. The molecule has 0 radical (unpaired) electrons. The van der Waals surface area contributed by atoms with Gasteiger partial charge in [0.15, 0.2) is 0 Å². The lowest BCUT2D eigenvalue weighted by Crippen LogP contribution is -2.57. The van der Waals surface area contributed by atoms with Crippen LogP contribution in [-0.4, -0.2) is 84.4 Å². The lowest BCUT2D eigenvalue weighted by Gasteiger charge is -2.30. The van der Waals surface area contributed by atoms with Crippen molar-refractivity contribution in [3.63, 3.8) is 0 Å². The van der Waals surface area contributed by atoms with Crippen LogP contribution in [0.1, 0.15) is 77.2 Å². The molecule has 268 valence electrons. The number of primary amides is 1. The second-order valence-corrected chi connectivity index (χ2v) is 12.5. The number of carbonyl (C=O) groups excluding carboxylic acids is 7. The lowest BCUT2D eigenvalue weighted by molar-refractivity contribution is -0.147. The third-order valence-corrected chi connectivity index (χ3v) is 8.11. The Balaban J connectivity index is 1.75. The highest BCUT2D eigenvalue weighted by Crippen LogP contribution is 2.22. The summed E-state index contributed by atoms with van der Waals surface area (Å²) in [5.41, 5.74) is 6.11. The highest BCUT2D eigenvalue weighted by molar-refractivity contribution is 5.95. The molecule has 5 amide bonds. The van der Waals surface area contributed by atoms with E-state index in [1.807, 2.05) is 19.9 Å². The minimum absolute atomic E-state index is 0.0485. The zero-order chi connectivity index (χ0) is 35.9. The molecule has 3 rings (SSSR count). The van der Waals surface area contributed by atoms with Crippen LogP contribution < -0.4 is 21.7 Å². The molecule has 5 N–H and O–H groups in total. The molecule has 0 unspecified atom stereocenters. The van der Waals surface area contributed by atoms with Crippen LogP contribution in [0.2, 0.25) is 0 Å². The third-order valence-electron chi connectivity index (χ3n) is 8.11. The second-order valence-electron chi connectivity index (χ2n) is 12.5. The van der Waals surface area contributed by atoms with E-state index in [0.29, 0.717) is 31.4 Å². The predicted molar refractivity (Wildman–Crippen MR) is 175 cm³/mol. The van der Waals surface area contributed by atoms with Gasteiger partial charge in [0, 0.05) is 19.4 Å². The molecule has 4 atom stereocenters. The van der Waals surface area contributed by atoms with Gasteiger partial charge in [-0.15, -0.1) is 0 Å². The summed E-state index contributed by atoms with van der Waals surface area (Å²) in [5.74, 6) is -3.01. The van der Waals surface area contributed by atoms with Gasteiger partial charge in [-0.25, -0.2) is 9.59 Å². The van der Waals surface area contributed by atoms with E-state index in [0.717, 1.165) is 5.56 Å². The number of cyclic esters (lactones) is 1. The highest BCUT2D eigenvalue weighted by Gasteiger charge is 2.39. The summed E-state index contributed by atoms with van der Waals surface area (Å²) in [6.07, 6.45) is 2.50. The van der Waals surface area contributed by atoms with Crippen molar-refractivity contribution in [2.45, 2.75) is 102 Å². The first-order valence-corrected chi connectivity index (χ1v) is 16.5. The Bertz CT molecular complexity index is 1380. The van der Waals surface area contributed by atoms with E-state index in [9.17, 15) is 33.6 Å². The number of allylic oxidation sites excluding steroid dienone is 2. The Morgan fingerprint density at radius 2 is 1.73 bits per heavy atom. The Hall–Kier alpha value is -4.95. The van der Waals surface area contributed by atoms with Gasteiger partial charge in [0.2, 0.25) is 23.6 Å². The zero-order valence-corrected chi connectivity index (χ0v) is 28.2. The van der Waals surface area contributed by atoms with E-state index >= 15 is 0 Å². The summed E-state index contributed by atoms with van der Waals surface area (Å²) in [6, 6.07) is 4.65. The monoisotopic (exact) mass is 685 g/mol. The summed E-state index contributed by atoms with van der Waals surface area (Å²) in [6.45, 7) is 3.94. The number of hydrogen-bond acceptors (Lipinski definition) is 10. The molecule has 2 heterocycles. The van der Waals surface area contributed by atoms with Gasteiger partial charge in [-0.3, -0.25) is 24.0 Å². The second kappa shape index (κ2) is 19.1. The molecular weight excluding hydrogens is 638 g/mol. The van der Waals surface area contributed by atoms with Crippen molar-refractivity contribution in [1.82, 2.24) is 20.9 Å². The number of methoxy groups -OCH3 is 1. The Morgan fingerprint density at radius 1 is 1.00 bits per heavy atom. The maximum absolute atomic E-state index is 13.9. The van der Waals surface area contributed by atoms with Crippen molar-refractivity contribution < 1.29 is 47.8 Å². The number of hydrogen-bond donors (Lipinski definition) is 4. The van der Waals surface area contributed by atoms with Gasteiger partial charge in [-0.1, -0.05) is 44.2 Å². The molecule has 2 aliphatic rings. The number of nitrogens with zero attached hydrogens (tertiary/aromatic N) is 1. The van der Waals surface area contributed by atoms with Crippen LogP contribution in [0.5, 0.6) is 0 Å². The molecule has 1 aromatic rings. The van der Waals surface area contributed by atoms with E-state index in [-0.39, 0.29) is 57.1 Å². The van der Waals surface area contributed by atoms with Gasteiger partial charge >= 0.3 is 18.0 Å². The SMILES string of the molecule is COC(=O)[C@@H](CC(C)C)NC(=O)[C@H]1CCCN1C(=O)[C@@H](CCC(N)=O)NC(=O)[C@@H](CC/C=C1/CCC(=O)O1)NC(=O)OCc1ccccc1. The molecule has 0 bridgehead atoms. The van der Waals surface area contributed by atoms with Gasteiger partial charge in [0.1, 0.15) is 36.5 Å². The molecule has 0 aromatic heterocycles. The minimum Gasteiger partial charge on any atom is -0.467 e. The van der Waals surface area contributed by atoms with Crippen molar-refractivity contribution in [2.24, 2.45) is 11.7 Å². The maximum Gasteiger partial charge on any atom is 0.408 e. The predicted octanol–water partition coefficient (Wildman–Crippen LogP) is 1.73. The van der Waals surface area contributed by atoms with Crippen molar-refractivity contribution in [2.75, 3.05) is 13.7 Å². The number of benzene rings is 1. The number of nitrogens with one attached hydrogen (secondary N) is 3. The first-order valence-electron chi connectivity index (χ1n) is 16.5. The van der Waals surface area contributed by atoms with Crippen molar-refractivity contribution >= 4 is 41.7 Å². The summed E-state index contributed by atoms with van der Waals surface area (Å²) >= 11 is 0. The number of alkyl carbamates (subject to hydrolysis) is 1. The Labute approximate surface area is 285 Å². The fourth-order valence-corrected chi connectivity index (χ4v) is 5.62. The standard InChI is InChI=1S/C34H47N5O10/c1-21(2)19-26(33(45)47-3)37-31(43)27-13-8-18-39(27)32(44)25(15-16-28(35)40)36-30(42)24(12-7-11-23-14-17-29(41)49-23)38-34(46)48-20-22-9-5-4-6-10-22/h4-6,9-11,21,24-27H,7-8,12-20H2,1-3H3,(H2,35,40)(H,36,42)(H,37,43)(H,38,46)/b23-11-/t24-,25-,26-,27-/m1/s1. The summed E-state index contributed by atoms with van der Waals surface area (Å²) in [4.78, 5) is 90.6. The van der Waals surface area contributed by atoms with E-state index in [1.165, 1.54) is 12.0 Å². The normalized spacial score (nSPS) is 18.3. The number of nitrogens with two attached hydrogens (primary N) is 1. The first kappa shape index (κ1) is 38.5. The Kier molecular flexibility index (Phi) is 15.0. The quantitative estimate of drug-likeness (QED) is 0.138. The van der Waals surface area contributed by atoms with E-state index in [1.54, 1.807) is 30.3 Å². The van der Waals surface area contributed by atoms with Crippen LogP contribution in [0.15, 0.2) is 42.2 Å². The van der Waals surface area contributed by atoms with Crippen LogP contribution in [0, 0.1) is 5.92 Å². The van der Waals surface area contributed by atoms with Gasteiger partial charge in [0.25, 0.3) is 0 Å². The molecule has 0 spiro atoms. The van der Waals surface area contributed by atoms with E-state index < -0.39 is 59.9 Å². The number of amides is 5. The van der Waals surface area contributed by atoms with E-state index in [4.69, 9.17) is 19.9 Å². The molecular formula is C34H47N5O10. The largest absolute Gasteiger partial charge is 0.467 e. The van der Waals surface area contributed by atoms with E-state index in [2.05, 4.69) is 16.0 Å². The average Bonchev–Trinajstić information content (AvgIpc) is 3.73. The van der Waals surface area contributed by atoms with Crippen LogP contribution >= 0.6 is 0 Å². The molecule has 0 aliphatic carbocycles. The molecule has 0 saturated carbocycles. The summed E-state index contributed by atoms with van der Waals surface area (Å²) < 4.78 is 15.3. The molecule has 2 fully saturated rings. The summed E-state index contributed by atoms with van der Waals surface area (Å²) in [7, 11) is 1.23. The topological polar surface area (TPSA) is 213 Å². The molecule has 2 aliphatic heterocycles. The van der Waals surface area contributed by atoms with Gasteiger partial charge < -0.3 is 40.8 Å². The van der Waals surface area contributed by atoms with Crippen molar-refractivity contribution in [3.8, 4) is 0 Å². The Morgan fingerprint density at radius 3 is 2.37 bits per heavy atom. The fraction of sp³-hybridized carbons (Fsp3) is 0.559. The number of rotatable bonds is 17. The first-order chi connectivity index (χ1) is 23.4. The molecule has 15 heteroatoms. The lowest BCUT2D eigenvalue weighted by atomic mass is 10.0. The molecule has 1 aromatic carbocycles. The highest BCUT2D eigenvalue weighted by atomic mass is 16.6. The number of likely N-dealkylation sites (tertiary alicyclic amines) is 1. The van der Waals surface area contributed by atoms with Gasteiger partial charge in [0.05, 0.1) is 13.5 Å². The van der Waals surface area contributed by atoms with Crippen LogP contribution in [0.3, 0.4) is 0 Å². The van der Waals surface area contributed by atoms with Crippen LogP contribution in [0.25, 0.3) is 0 Å². The third kappa shape index (κ3) is 12.5. The fourth-order valence-electron chi connectivity index (χ4n) is 5.62. The summed E-state index contributed by atoms with van der Waals surface area (Å²) in [5, 5.41) is 7.89. The number of esters is 2. The molecule has 15 nitrogen and oxygen atoms in total. The van der Waals surface area contributed by atoms with Gasteiger partial charge in [-0.2, -0.15) is 0 Å².